The summed E-state index contributed by atoms with van der Waals surface area (Å²) in [5.41, 5.74) is 0.163. The summed E-state index contributed by atoms with van der Waals surface area (Å²) in [7, 11) is 2.01. The maximum atomic E-state index is 12.2. The van der Waals surface area contributed by atoms with Crippen LogP contribution in [-0.4, -0.2) is 56.5 Å². The molecular formula is C14H17ClN2O3. The number of amides is 1. The van der Waals surface area contributed by atoms with Gasteiger partial charge in [0.2, 0.25) is 0 Å². The van der Waals surface area contributed by atoms with Gasteiger partial charge in [-0.25, -0.2) is 4.79 Å². The molecule has 0 aromatic heterocycles. The van der Waals surface area contributed by atoms with Crippen molar-refractivity contribution in [1.29, 1.82) is 0 Å². The van der Waals surface area contributed by atoms with Crippen molar-refractivity contribution < 1.29 is 14.3 Å². The predicted molar refractivity (Wildman–Crippen MR) is 76.3 cm³/mol. The predicted octanol–water partition coefficient (Wildman–Crippen LogP) is 2.00. The number of ether oxygens (including phenoxy) is 2. The first-order valence-electron chi connectivity index (χ1n) is 6.60. The third kappa shape index (κ3) is 2.61. The van der Waals surface area contributed by atoms with Crippen molar-refractivity contribution in [1.82, 2.24) is 4.90 Å². The van der Waals surface area contributed by atoms with E-state index in [1.165, 1.54) is 0 Å². The fraction of sp³-hybridized carbons (Fsp3) is 0.500. The highest BCUT2D eigenvalue weighted by Crippen LogP contribution is 2.31. The Labute approximate surface area is 123 Å². The van der Waals surface area contributed by atoms with E-state index in [4.69, 9.17) is 21.1 Å². The molecule has 0 N–H and O–H groups in total. The summed E-state index contributed by atoms with van der Waals surface area (Å²) in [4.78, 5) is 15.9. The van der Waals surface area contributed by atoms with Gasteiger partial charge < -0.3 is 9.47 Å². The van der Waals surface area contributed by atoms with E-state index in [9.17, 15) is 4.79 Å². The molecule has 2 heterocycles. The van der Waals surface area contributed by atoms with E-state index in [-0.39, 0.29) is 6.09 Å². The third-order valence-corrected chi connectivity index (χ3v) is 3.87. The van der Waals surface area contributed by atoms with Crippen LogP contribution in [0.5, 0.6) is 0 Å². The van der Waals surface area contributed by atoms with Gasteiger partial charge in [0.15, 0.2) is 5.60 Å². The Morgan fingerprint density at radius 3 is 3.00 bits per heavy atom. The van der Waals surface area contributed by atoms with Gasteiger partial charge in [-0.2, -0.15) is 0 Å². The lowest BCUT2D eigenvalue weighted by atomic mass is 10.1. The minimum atomic E-state index is -0.593. The van der Waals surface area contributed by atoms with Gasteiger partial charge in [-0.05, 0) is 25.2 Å². The van der Waals surface area contributed by atoms with Crippen molar-refractivity contribution in [3.63, 3.8) is 0 Å². The summed E-state index contributed by atoms with van der Waals surface area (Å²) in [6, 6.07) is 7.23. The van der Waals surface area contributed by atoms with Crippen molar-refractivity contribution in [3.8, 4) is 0 Å². The molecule has 1 aromatic carbocycles. The number of hydrogen-bond donors (Lipinski definition) is 0. The Morgan fingerprint density at radius 1 is 1.35 bits per heavy atom. The van der Waals surface area contributed by atoms with Crippen molar-refractivity contribution in [2.75, 3.05) is 44.8 Å². The molecule has 0 unspecified atom stereocenters. The van der Waals surface area contributed by atoms with Crippen LogP contribution in [0.4, 0.5) is 10.5 Å². The van der Waals surface area contributed by atoms with E-state index in [0.717, 1.165) is 12.2 Å². The number of carbonyl (C=O) groups is 1. The van der Waals surface area contributed by atoms with E-state index in [1.54, 1.807) is 17.0 Å². The molecule has 1 aromatic rings. The average molecular weight is 297 g/mol. The number of hydrogen-bond acceptors (Lipinski definition) is 4. The molecule has 0 aliphatic carbocycles. The number of nitrogens with zero attached hydrogens (tertiary/aromatic N) is 2. The van der Waals surface area contributed by atoms with E-state index in [1.807, 2.05) is 19.2 Å². The number of anilines is 1. The van der Waals surface area contributed by atoms with Crippen LogP contribution in [0.15, 0.2) is 24.3 Å². The summed E-state index contributed by atoms with van der Waals surface area (Å²) in [5, 5.41) is 0.602. The first-order valence-corrected chi connectivity index (χ1v) is 6.98. The van der Waals surface area contributed by atoms with Gasteiger partial charge in [0.1, 0.15) is 0 Å². The van der Waals surface area contributed by atoms with Crippen LogP contribution in [0.2, 0.25) is 5.02 Å². The van der Waals surface area contributed by atoms with Gasteiger partial charge in [0, 0.05) is 23.8 Å². The number of carbonyl (C=O) groups excluding carboxylic acids is 1. The smallest absolute Gasteiger partial charge is 0.415 e. The van der Waals surface area contributed by atoms with Gasteiger partial charge in [0.05, 0.1) is 19.8 Å². The second-order valence-electron chi connectivity index (χ2n) is 5.41. The molecule has 0 bridgehead atoms. The third-order valence-electron chi connectivity index (χ3n) is 3.63. The van der Waals surface area contributed by atoms with Gasteiger partial charge >= 0.3 is 6.09 Å². The van der Waals surface area contributed by atoms with Crippen molar-refractivity contribution in [3.05, 3.63) is 29.3 Å². The lowest BCUT2D eigenvalue weighted by Gasteiger charge is -2.27. The van der Waals surface area contributed by atoms with E-state index < -0.39 is 5.60 Å². The zero-order chi connectivity index (χ0) is 14.2. The normalized spacial score (nSPS) is 27.7. The maximum absolute atomic E-state index is 12.2. The topological polar surface area (TPSA) is 42.0 Å². The molecule has 20 heavy (non-hydrogen) atoms. The molecule has 108 valence electrons. The zero-order valence-electron chi connectivity index (χ0n) is 11.3. The summed E-state index contributed by atoms with van der Waals surface area (Å²) < 4.78 is 11.2. The first kappa shape index (κ1) is 13.7. The highest BCUT2D eigenvalue weighted by molar-refractivity contribution is 6.30. The summed E-state index contributed by atoms with van der Waals surface area (Å²) in [5.74, 6) is 0. The molecule has 0 radical (unpaired) electrons. The Bertz CT molecular complexity index is 525. The molecule has 1 spiro atoms. The van der Waals surface area contributed by atoms with Crippen LogP contribution in [0.25, 0.3) is 0 Å². The van der Waals surface area contributed by atoms with Gasteiger partial charge in [-0.1, -0.05) is 17.7 Å². The van der Waals surface area contributed by atoms with E-state index in [2.05, 4.69) is 4.90 Å². The van der Waals surface area contributed by atoms with Crippen LogP contribution in [0.3, 0.4) is 0 Å². The van der Waals surface area contributed by atoms with Crippen LogP contribution in [-0.2, 0) is 9.47 Å². The minimum absolute atomic E-state index is 0.342. The highest BCUT2D eigenvalue weighted by atomic mass is 35.5. The first-order chi connectivity index (χ1) is 9.58. The summed E-state index contributed by atoms with van der Waals surface area (Å²) in [6.45, 7) is 3.09. The fourth-order valence-electron chi connectivity index (χ4n) is 2.72. The van der Waals surface area contributed by atoms with Crippen molar-refractivity contribution >= 4 is 23.4 Å². The molecule has 2 aliphatic rings. The Morgan fingerprint density at radius 2 is 2.20 bits per heavy atom. The molecular weight excluding hydrogens is 280 g/mol. The molecule has 2 fully saturated rings. The Hall–Kier alpha value is -1.30. The van der Waals surface area contributed by atoms with Crippen LogP contribution in [0, 0.1) is 0 Å². The standard InChI is InChI=1S/C14H17ClN2O3/c1-16-5-6-19-10-14(8-16)9-17(13(18)20-14)12-4-2-3-11(15)7-12/h2-4,7H,5-6,8-10H2,1H3/t14-/m1/s1. The molecule has 6 heteroatoms. The second-order valence-corrected chi connectivity index (χ2v) is 5.84. The second kappa shape index (κ2) is 5.24. The largest absolute Gasteiger partial charge is 0.437 e. The quantitative estimate of drug-likeness (QED) is 0.795. The van der Waals surface area contributed by atoms with Crippen molar-refractivity contribution in [2.24, 2.45) is 0 Å². The molecule has 3 rings (SSSR count). The molecule has 0 saturated carbocycles. The molecule has 2 saturated heterocycles. The van der Waals surface area contributed by atoms with Crippen LogP contribution >= 0.6 is 11.6 Å². The molecule has 5 nitrogen and oxygen atoms in total. The Balaban J connectivity index is 1.84. The van der Waals surface area contributed by atoms with Gasteiger partial charge in [-0.3, -0.25) is 9.80 Å². The van der Waals surface area contributed by atoms with E-state index in [0.29, 0.717) is 31.3 Å². The highest BCUT2D eigenvalue weighted by Gasteiger charge is 2.47. The number of benzene rings is 1. The number of halogens is 1. The number of rotatable bonds is 1. The van der Waals surface area contributed by atoms with Crippen LogP contribution in [0.1, 0.15) is 0 Å². The van der Waals surface area contributed by atoms with Gasteiger partial charge in [-0.15, -0.1) is 0 Å². The number of likely N-dealkylation sites (N-methyl/N-ethyl adjacent to an activating group) is 1. The molecule has 1 atom stereocenters. The van der Waals surface area contributed by atoms with Gasteiger partial charge in [0.25, 0.3) is 0 Å². The fourth-order valence-corrected chi connectivity index (χ4v) is 2.90. The van der Waals surface area contributed by atoms with E-state index >= 15 is 0 Å². The minimum Gasteiger partial charge on any atom is -0.437 e. The van der Waals surface area contributed by atoms with Crippen LogP contribution < -0.4 is 4.90 Å². The molecule has 2 aliphatic heterocycles. The maximum Gasteiger partial charge on any atom is 0.415 e. The Kier molecular flexibility index (Phi) is 3.58. The SMILES string of the molecule is CN1CCOC[C@@]2(C1)CN(c1cccc(Cl)c1)C(=O)O2. The zero-order valence-corrected chi connectivity index (χ0v) is 12.1. The summed E-state index contributed by atoms with van der Waals surface area (Å²) in [6.07, 6.45) is -0.342. The van der Waals surface area contributed by atoms with Crippen molar-refractivity contribution in [2.45, 2.75) is 5.60 Å². The monoisotopic (exact) mass is 296 g/mol. The lowest BCUT2D eigenvalue weighted by Crippen LogP contribution is -2.46. The average Bonchev–Trinajstić information content (AvgIpc) is 2.60. The molecule has 1 amide bonds. The summed E-state index contributed by atoms with van der Waals surface area (Å²) >= 11 is 5.99. The lowest BCUT2D eigenvalue weighted by molar-refractivity contribution is -0.0133.